The van der Waals surface area contributed by atoms with Crippen molar-refractivity contribution in [3.05, 3.63) is 81.4 Å². The SMILES string of the molecule is CCOC(=O)C1=C(C)OC(N)=C(C#N)C1c1ccc(OC)c(COc2cc(C)cc(C)c2)c1. The fraction of sp³-hybridized carbons (Fsp3) is 0.308. The highest BCUT2D eigenvalue weighted by Gasteiger charge is 2.36. The number of allylic oxidation sites excluding steroid dienone is 2. The molecule has 7 nitrogen and oxygen atoms in total. The van der Waals surface area contributed by atoms with Crippen LogP contribution in [0.2, 0.25) is 0 Å². The molecule has 0 saturated carbocycles. The molecule has 0 amide bonds. The number of hydrogen-bond acceptors (Lipinski definition) is 7. The van der Waals surface area contributed by atoms with Gasteiger partial charge in [0.25, 0.3) is 0 Å². The highest BCUT2D eigenvalue weighted by atomic mass is 16.5. The van der Waals surface area contributed by atoms with Crippen LogP contribution in [0.25, 0.3) is 0 Å². The van der Waals surface area contributed by atoms with Gasteiger partial charge in [0.1, 0.15) is 35.5 Å². The number of ether oxygens (including phenoxy) is 4. The average molecular weight is 449 g/mol. The molecule has 0 aliphatic carbocycles. The van der Waals surface area contributed by atoms with E-state index in [4.69, 9.17) is 24.7 Å². The Morgan fingerprint density at radius 2 is 1.85 bits per heavy atom. The highest BCUT2D eigenvalue weighted by molar-refractivity contribution is 5.92. The summed E-state index contributed by atoms with van der Waals surface area (Å²) in [5, 5.41) is 9.79. The van der Waals surface area contributed by atoms with E-state index in [1.165, 1.54) is 0 Å². The van der Waals surface area contributed by atoms with Gasteiger partial charge in [0, 0.05) is 5.56 Å². The molecule has 0 fully saturated rings. The molecule has 7 heteroatoms. The first kappa shape index (κ1) is 23.7. The summed E-state index contributed by atoms with van der Waals surface area (Å²) < 4.78 is 22.3. The summed E-state index contributed by atoms with van der Waals surface area (Å²) in [5.74, 6) is 0.369. The van der Waals surface area contributed by atoms with Crippen LogP contribution >= 0.6 is 0 Å². The molecule has 2 N–H and O–H groups in total. The van der Waals surface area contributed by atoms with Crippen molar-refractivity contribution in [1.29, 1.82) is 5.26 Å². The molecule has 0 saturated heterocycles. The van der Waals surface area contributed by atoms with E-state index < -0.39 is 11.9 Å². The number of carbonyl (C=O) groups is 1. The fourth-order valence-electron chi connectivity index (χ4n) is 3.96. The summed E-state index contributed by atoms with van der Waals surface area (Å²) in [4.78, 5) is 12.8. The van der Waals surface area contributed by atoms with Crippen molar-refractivity contribution in [1.82, 2.24) is 0 Å². The van der Waals surface area contributed by atoms with E-state index in [1.54, 1.807) is 33.1 Å². The van der Waals surface area contributed by atoms with E-state index >= 15 is 0 Å². The molecular formula is C26H28N2O5. The molecule has 2 aromatic rings. The van der Waals surface area contributed by atoms with Gasteiger partial charge in [0.15, 0.2) is 0 Å². The lowest BCUT2D eigenvalue weighted by Crippen LogP contribution is -2.25. The molecule has 2 aromatic carbocycles. The maximum atomic E-state index is 12.8. The Kier molecular flexibility index (Phi) is 7.29. The normalized spacial score (nSPS) is 15.6. The predicted octanol–water partition coefficient (Wildman–Crippen LogP) is 4.54. The molecule has 0 radical (unpaired) electrons. The topological polar surface area (TPSA) is 104 Å². The van der Waals surface area contributed by atoms with Gasteiger partial charge < -0.3 is 24.7 Å². The lowest BCUT2D eigenvalue weighted by molar-refractivity contribution is -0.139. The van der Waals surface area contributed by atoms with Crippen LogP contribution in [0.5, 0.6) is 11.5 Å². The first-order chi connectivity index (χ1) is 15.8. The number of aryl methyl sites for hydroxylation is 2. The lowest BCUT2D eigenvalue weighted by atomic mass is 9.82. The molecule has 0 bridgehead atoms. The van der Waals surface area contributed by atoms with Crippen LogP contribution in [0.3, 0.4) is 0 Å². The van der Waals surface area contributed by atoms with Gasteiger partial charge in [-0.3, -0.25) is 0 Å². The van der Waals surface area contributed by atoms with Gasteiger partial charge in [-0.2, -0.15) is 5.26 Å². The number of rotatable bonds is 7. The second-order valence-corrected chi connectivity index (χ2v) is 7.80. The second kappa shape index (κ2) is 10.1. The molecule has 1 heterocycles. The van der Waals surface area contributed by atoms with Crippen LogP contribution in [0.1, 0.15) is 42.0 Å². The largest absolute Gasteiger partial charge is 0.496 e. The van der Waals surface area contributed by atoms with Gasteiger partial charge in [0.05, 0.1) is 25.2 Å². The summed E-state index contributed by atoms with van der Waals surface area (Å²) in [6.07, 6.45) is 0. The molecule has 1 aliphatic heterocycles. The maximum absolute atomic E-state index is 12.8. The molecule has 33 heavy (non-hydrogen) atoms. The monoisotopic (exact) mass is 448 g/mol. The number of esters is 1. The van der Waals surface area contributed by atoms with Crippen LogP contribution < -0.4 is 15.2 Å². The Labute approximate surface area is 194 Å². The number of carbonyl (C=O) groups excluding carboxylic acids is 1. The van der Waals surface area contributed by atoms with Crippen LogP contribution in [-0.2, 0) is 20.9 Å². The molecule has 1 atom stereocenters. The molecular weight excluding hydrogens is 420 g/mol. The van der Waals surface area contributed by atoms with Crippen LogP contribution in [0.4, 0.5) is 0 Å². The van der Waals surface area contributed by atoms with Gasteiger partial charge in [-0.15, -0.1) is 0 Å². The minimum absolute atomic E-state index is 0.0306. The number of benzene rings is 2. The van der Waals surface area contributed by atoms with Gasteiger partial charge in [-0.05, 0) is 68.7 Å². The number of hydrogen-bond donors (Lipinski definition) is 1. The van der Waals surface area contributed by atoms with Crippen LogP contribution in [-0.4, -0.2) is 19.7 Å². The Hall–Kier alpha value is -3.92. The zero-order valence-electron chi connectivity index (χ0n) is 19.5. The van der Waals surface area contributed by atoms with Crippen molar-refractivity contribution in [3.8, 4) is 17.6 Å². The lowest BCUT2D eigenvalue weighted by Gasteiger charge is -2.27. The molecule has 0 spiro atoms. The third-order valence-corrected chi connectivity index (χ3v) is 5.33. The Morgan fingerprint density at radius 3 is 2.45 bits per heavy atom. The minimum Gasteiger partial charge on any atom is -0.496 e. The van der Waals surface area contributed by atoms with Crippen molar-refractivity contribution in [2.24, 2.45) is 5.73 Å². The highest BCUT2D eigenvalue weighted by Crippen LogP contribution is 2.40. The second-order valence-electron chi connectivity index (χ2n) is 7.80. The first-order valence-corrected chi connectivity index (χ1v) is 10.6. The summed E-state index contributed by atoms with van der Waals surface area (Å²) in [5.41, 5.74) is 10.0. The Bertz CT molecular complexity index is 1150. The smallest absolute Gasteiger partial charge is 0.338 e. The van der Waals surface area contributed by atoms with E-state index in [1.807, 2.05) is 32.0 Å². The third kappa shape index (κ3) is 5.12. The standard InChI is InChI=1S/C26H28N2O5/c1-6-31-26(29)23-17(4)33-25(28)21(13-27)24(23)18-7-8-22(30-5)19(12-18)14-32-20-10-15(2)9-16(3)11-20/h7-12,24H,6,14,28H2,1-5H3. The van der Waals surface area contributed by atoms with Crippen molar-refractivity contribution in [2.45, 2.75) is 40.2 Å². The summed E-state index contributed by atoms with van der Waals surface area (Å²) >= 11 is 0. The summed E-state index contributed by atoms with van der Waals surface area (Å²) in [6, 6.07) is 13.5. The maximum Gasteiger partial charge on any atom is 0.338 e. The predicted molar refractivity (Wildman–Crippen MR) is 123 cm³/mol. The first-order valence-electron chi connectivity index (χ1n) is 10.6. The molecule has 1 unspecified atom stereocenters. The van der Waals surface area contributed by atoms with E-state index in [0.717, 1.165) is 22.4 Å². The fourth-order valence-corrected chi connectivity index (χ4v) is 3.96. The van der Waals surface area contributed by atoms with Gasteiger partial charge in [0.2, 0.25) is 5.88 Å². The quantitative estimate of drug-likeness (QED) is 0.620. The number of nitrogens with two attached hydrogens (primary N) is 1. The van der Waals surface area contributed by atoms with E-state index in [0.29, 0.717) is 17.1 Å². The zero-order valence-corrected chi connectivity index (χ0v) is 19.5. The molecule has 1 aliphatic rings. The summed E-state index contributed by atoms with van der Waals surface area (Å²) in [7, 11) is 1.58. The van der Waals surface area contributed by atoms with Crippen molar-refractivity contribution >= 4 is 5.97 Å². The van der Waals surface area contributed by atoms with Gasteiger partial charge in [-0.25, -0.2) is 4.79 Å². The number of nitriles is 1. The number of nitrogens with zero attached hydrogens (tertiary/aromatic N) is 1. The van der Waals surface area contributed by atoms with Gasteiger partial charge >= 0.3 is 5.97 Å². The average Bonchev–Trinajstić information content (AvgIpc) is 2.76. The van der Waals surface area contributed by atoms with Gasteiger partial charge in [-0.1, -0.05) is 12.1 Å². The van der Waals surface area contributed by atoms with Crippen LogP contribution in [0.15, 0.2) is 59.2 Å². The van der Waals surface area contributed by atoms with E-state index in [2.05, 4.69) is 12.1 Å². The van der Waals surface area contributed by atoms with Crippen molar-refractivity contribution in [2.75, 3.05) is 13.7 Å². The molecule has 3 rings (SSSR count). The molecule has 172 valence electrons. The third-order valence-electron chi connectivity index (χ3n) is 5.33. The zero-order chi connectivity index (χ0) is 24.1. The minimum atomic E-state index is -0.728. The van der Waals surface area contributed by atoms with Crippen LogP contribution in [0, 0.1) is 25.2 Å². The van der Waals surface area contributed by atoms with Crippen molar-refractivity contribution in [3.63, 3.8) is 0 Å². The Balaban J connectivity index is 2.03. The van der Waals surface area contributed by atoms with E-state index in [9.17, 15) is 10.1 Å². The Morgan fingerprint density at radius 1 is 1.15 bits per heavy atom. The summed E-state index contributed by atoms with van der Waals surface area (Å²) in [6.45, 7) is 7.81. The van der Waals surface area contributed by atoms with Crippen molar-refractivity contribution < 1.29 is 23.7 Å². The van der Waals surface area contributed by atoms with E-state index in [-0.39, 0.29) is 30.2 Å². The number of methoxy groups -OCH3 is 1. The molecule has 0 aromatic heterocycles.